The Morgan fingerprint density at radius 1 is 1.27 bits per heavy atom. The highest BCUT2D eigenvalue weighted by Crippen LogP contribution is 2.08. The number of rotatable bonds is 2. The third-order valence-corrected chi connectivity index (χ3v) is 2.72. The van der Waals surface area contributed by atoms with Gasteiger partial charge < -0.3 is 10.2 Å². The summed E-state index contributed by atoms with van der Waals surface area (Å²) in [5.74, 6) is 0.871. The first-order valence-corrected chi connectivity index (χ1v) is 5.66. The smallest absolute Gasteiger partial charge is 0.225 e. The van der Waals surface area contributed by atoms with Crippen LogP contribution in [0.3, 0.4) is 0 Å². The summed E-state index contributed by atoms with van der Waals surface area (Å²) >= 11 is 0. The van der Waals surface area contributed by atoms with Crippen LogP contribution in [0.5, 0.6) is 0 Å². The van der Waals surface area contributed by atoms with Gasteiger partial charge in [0.2, 0.25) is 5.95 Å². The largest absolute Gasteiger partial charge is 0.340 e. The molecule has 1 aromatic rings. The predicted molar refractivity (Wildman–Crippen MR) is 61.1 cm³/mol. The fourth-order valence-electron chi connectivity index (χ4n) is 1.74. The van der Waals surface area contributed by atoms with Crippen molar-refractivity contribution in [3.8, 4) is 0 Å². The van der Waals surface area contributed by atoms with Crippen molar-refractivity contribution in [1.82, 2.24) is 15.3 Å². The second-order valence-corrected chi connectivity index (χ2v) is 3.84. The summed E-state index contributed by atoms with van der Waals surface area (Å²) in [4.78, 5) is 11.1. The van der Waals surface area contributed by atoms with Crippen LogP contribution in [0.4, 0.5) is 5.95 Å². The maximum atomic E-state index is 4.40. The minimum Gasteiger partial charge on any atom is -0.340 e. The summed E-state index contributed by atoms with van der Waals surface area (Å²) in [5.41, 5.74) is 1.20. The first-order chi connectivity index (χ1) is 7.40. The van der Waals surface area contributed by atoms with Gasteiger partial charge >= 0.3 is 0 Å². The zero-order valence-corrected chi connectivity index (χ0v) is 9.24. The highest BCUT2D eigenvalue weighted by Gasteiger charge is 2.11. The summed E-state index contributed by atoms with van der Waals surface area (Å²) in [6, 6.07) is 0. The van der Waals surface area contributed by atoms with Crippen molar-refractivity contribution in [2.75, 3.05) is 31.1 Å². The van der Waals surface area contributed by atoms with Crippen LogP contribution in [0.15, 0.2) is 12.4 Å². The topological polar surface area (TPSA) is 41.1 Å². The maximum absolute atomic E-state index is 4.40. The number of anilines is 1. The summed E-state index contributed by atoms with van der Waals surface area (Å²) in [7, 11) is 0. The van der Waals surface area contributed by atoms with Gasteiger partial charge in [-0.1, -0.05) is 6.92 Å². The molecular weight excluding hydrogens is 188 g/mol. The Balaban J connectivity index is 2.06. The number of hydrogen-bond donors (Lipinski definition) is 1. The number of nitrogens with zero attached hydrogens (tertiary/aromatic N) is 3. The molecule has 0 aromatic carbocycles. The molecule has 0 aliphatic carbocycles. The van der Waals surface area contributed by atoms with Gasteiger partial charge in [-0.25, -0.2) is 9.97 Å². The number of nitrogens with one attached hydrogen (secondary N) is 1. The highest BCUT2D eigenvalue weighted by atomic mass is 15.3. The summed E-state index contributed by atoms with van der Waals surface area (Å²) < 4.78 is 0. The van der Waals surface area contributed by atoms with Crippen molar-refractivity contribution < 1.29 is 0 Å². The third-order valence-electron chi connectivity index (χ3n) is 2.72. The Labute approximate surface area is 90.7 Å². The number of aromatic nitrogens is 2. The molecule has 0 amide bonds. The standard InChI is InChI=1S/C11H18N4/c1-2-10-8-13-11(14-9-10)15-6-3-4-12-5-7-15/h8-9,12H,2-7H2,1H3. The summed E-state index contributed by atoms with van der Waals surface area (Å²) in [6.45, 7) is 6.31. The van der Waals surface area contributed by atoms with E-state index in [9.17, 15) is 0 Å². The van der Waals surface area contributed by atoms with Crippen LogP contribution in [0.25, 0.3) is 0 Å². The van der Waals surface area contributed by atoms with E-state index >= 15 is 0 Å². The molecule has 1 aliphatic heterocycles. The first-order valence-electron chi connectivity index (χ1n) is 5.66. The molecule has 2 rings (SSSR count). The van der Waals surface area contributed by atoms with Gasteiger partial charge in [-0.3, -0.25) is 0 Å². The molecule has 82 valence electrons. The molecule has 1 saturated heterocycles. The minimum atomic E-state index is 0.871. The molecule has 1 N–H and O–H groups in total. The van der Waals surface area contributed by atoms with Gasteiger partial charge in [0.25, 0.3) is 0 Å². The molecule has 0 spiro atoms. The Morgan fingerprint density at radius 3 is 2.80 bits per heavy atom. The van der Waals surface area contributed by atoms with Crippen LogP contribution in [0, 0.1) is 0 Å². The SMILES string of the molecule is CCc1cnc(N2CCCNCC2)nc1. The van der Waals surface area contributed by atoms with Crippen LogP contribution in [0.2, 0.25) is 0 Å². The van der Waals surface area contributed by atoms with Gasteiger partial charge in [0.05, 0.1) is 0 Å². The van der Waals surface area contributed by atoms with Crippen LogP contribution >= 0.6 is 0 Å². The summed E-state index contributed by atoms with van der Waals surface area (Å²) in [5, 5.41) is 3.37. The van der Waals surface area contributed by atoms with Gasteiger partial charge in [0, 0.05) is 32.0 Å². The Hall–Kier alpha value is -1.16. The van der Waals surface area contributed by atoms with Crippen LogP contribution in [0.1, 0.15) is 18.9 Å². The van der Waals surface area contributed by atoms with Crippen LogP contribution in [-0.2, 0) is 6.42 Å². The van der Waals surface area contributed by atoms with E-state index in [4.69, 9.17) is 0 Å². The van der Waals surface area contributed by atoms with Crippen molar-refractivity contribution in [3.63, 3.8) is 0 Å². The lowest BCUT2D eigenvalue weighted by molar-refractivity contribution is 0.724. The van der Waals surface area contributed by atoms with E-state index in [2.05, 4.69) is 27.1 Å². The predicted octanol–water partition coefficient (Wildman–Crippen LogP) is 0.839. The van der Waals surface area contributed by atoms with Crippen molar-refractivity contribution in [2.24, 2.45) is 0 Å². The van der Waals surface area contributed by atoms with E-state index in [1.807, 2.05) is 12.4 Å². The fraction of sp³-hybridized carbons (Fsp3) is 0.636. The molecule has 0 radical (unpaired) electrons. The van der Waals surface area contributed by atoms with Crippen LogP contribution < -0.4 is 10.2 Å². The average molecular weight is 206 g/mol. The molecular formula is C11H18N4. The van der Waals surface area contributed by atoms with Gasteiger partial charge in [-0.05, 0) is 24.9 Å². The van der Waals surface area contributed by atoms with E-state index in [1.165, 1.54) is 12.0 Å². The Morgan fingerprint density at radius 2 is 2.07 bits per heavy atom. The van der Waals surface area contributed by atoms with Crippen molar-refractivity contribution in [2.45, 2.75) is 19.8 Å². The summed E-state index contributed by atoms with van der Waals surface area (Å²) in [6.07, 6.45) is 6.03. The Bertz CT molecular complexity index is 288. The van der Waals surface area contributed by atoms with Gasteiger partial charge in [0.1, 0.15) is 0 Å². The van der Waals surface area contributed by atoms with E-state index < -0.39 is 0 Å². The molecule has 1 aromatic heterocycles. The molecule has 0 bridgehead atoms. The zero-order valence-electron chi connectivity index (χ0n) is 9.24. The molecule has 4 nitrogen and oxygen atoms in total. The number of hydrogen-bond acceptors (Lipinski definition) is 4. The lowest BCUT2D eigenvalue weighted by Gasteiger charge is -2.19. The van der Waals surface area contributed by atoms with E-state index in [1.54, 1.807) is 0 Å². The quantitative estimate of drug-likeness (QED) is 0.778. The van der Waals surface area contributed by atoms with Crippen LogP contribution in [-0.4, -0.2) is 36.1 Å². The molecule has 4 heteroatoms. The molecule has 1 aliphatic rings. The number of aryl methyl sites for hydroxylation is 1. The second kappa shape index (κ2) is 5.07. The van der Waals surface area contributed by atoms with Crippen molar-refractivity contribution in [3.05, 3.63) is 18.0 Å². The lowest BCUT2D eigenvalue weighted by atomic mass is 10.3. The molecule has 0 unspecified atom stereocenters. The molecule has 0 saturated carbocycles. The third kappa shape index (κ3) is 2.65. The van der Waals surface area contributed by atoms with E-state index in [0.29, 0.717) is 0 Å². The normalized spacial score (nSPS) is 17.5. The lowest BCUT2D eigenvalue weighted by Crippen LogP contribution is -2.29. The van der Waals surface area contributed by atoms with Gasteiger partial charge in [0.15, 0.2) is 0 Å². The van der Waals surface area contributed by atoms with E-state index in [0.717, 1.165) is 38.5 Å². The molecule has 15 heavy (non-hydrogen) atoms. The molecule has 2 heterocycles. The first kappa shape index (κ1) is 10.4. The Kier molecular flexibility index (Phi) is 3.50. The van der Waals surface area contributed by atoms with E-state index in [-0.39, 0.29) is 0 Å². The average Bonchev–Trinajstić information content (AvgIpc) is 2.58. The monoisotopic (exact) mass is 206 g/mol. The maximum Gasteiger partial charge on any atom is 0.225 e. The van der Waals surface area contributed by atoms with Gasteiger partial charge in [-0.2, -0.15) is 0 Å². The second-order valence-electron chi connectivity index (χ2n) is 3.84. The highest BCUT2D eigenvalue weighted by molar-refractivity contribution is 5.30. The molecule has 1 fully saturated rings. The molecule has 0 atom stereocenters. The zero-order chi connectivity index (χ0) is 10.5. The fourth-order valence-corrected chi connectivity index (χ4v) is 1.74. The van der Waals surface area contributed by atoms with Crippen molar-refractivity contribution in [1.29, 1.82) is 0 Å². The minimum absolute atomic E-state index is 0.871. The van der Waals surface area contributed by atoms with Gasteiger partial charge in [-0.15, -0.1) is 0 Å². The van der Waals surface area contributed by atoms with Crippen molar-refractivity contribution >= 4 is 5.95 Å².